The molecule has 0 aliphatic carbocycles. The first-order valence-electron chi connectivity index (χ1n) is 10.4. The van der Waals surface area contributed by atoms with Crippen LogP contribution in [-0.2, 0) is 10.9 Å². The van der Waals surface area contributed by atoms with Crippen molar-refractivity contribution in [2.24, 2.45) is 0 Å². The zero-order valence-electron chi connectivity index (χ0n) is 18.4. The molecule has 11 heteroatoms. The number of para-hydroxylation sites is 1. The largest absolute Gasteiger partial charge is 0.506 e. The Labute approximate surface area is 206 Å². The minimum atomic E-state index is -3.26. The Balaban J connectivity index is 1.59. The number of rotatable bonds is 7. The van der Waals surface area contributed by atoms with Gasteiger partial charge < -0.3 is 10.4 Å². The Morgan fingerprint density at radius 3 is 2.25 bits per heavy atom. The third-order valence-corrected chi connectivity index (χ3v) is 6.03. The molecule has 0 radical (unpaired) electrons. The molecular formula is C25H18FN3O6S. The van der Waals surface area contributed by atoms with E-state index < -0.39 is 27.5 Å². The van der Waals surface area contributed by atoms with E-state index >= 15 is 0 Å². The molecule has 0 atom stereocenters. The Morgan fingerprint density at radius 2 is 1.61 bits per heavy atom. The van der Waals surface area contributed by atoms with E-state index in [9.17, 15) is 32.8 Å². The lowest BCUT2D eigenvalue weighted by Gasteiger charge is -2.20. The summed E-state index contributed by atoms with van der Waals surface area (Å²) in [5.41, 5.74) is 1.30. The number of phenols is 1. The summed E-state index contributed by atoms with van der Waals surface area (Å²) < 4.78 is 37.9. The number of nitro benzene ring substituents is 1. The van der Waals surface area contributed by atoms with Crippen LogP contribution in [0.2, 0.25) is 0 Å². The Morgan fingerprint density at radius 1 is 0.944 bits per heavy atom. The van der Waals surface area contributed by atoms with Gasteiger partial charge in [-0.2, -0.15) is 0 Å². The zero-order chi connectivity index (χ0) is 25.8. The topological polar surface area (TPSA) is 130 Å². The maximum Gasteiger partial charge on any atom is 0.277 e. The third-order valence-electron chi connectivity index (χ3n) is 5.25. The summed E-state index contributed by atoms with van der Waals surface area (Å²) >= 11 is 0. The number of nitro groups is 1. The van der Waals surface area contributed by atoms with Gasteiger partial charge >= 0.3 is 0 Å². The van der Waals surface area contributed by atoms with Crippen molar-refractivity contribution in [2.45, 2.75) is 0 Å². The van der Waals surface area contributed by atoms with E-state index in [0.29, 0.717) is 11.1 Å². The Hall–Kier alpha value is -4.77. The first kappa shape index (κ1) is 24.4. The van der Waals surface area contributed by atoms with Crippen molar-refractivity contribution in [3.05, 3.63) is 112 Å². The average molecular weight is 507 g/mol. The fourth-order valence-electron chi connectivity index (χ4n) is 3.56. The van der Waals surface area contributed by atoms with Gasteiger partial charge in [-0.15, -0.1) is 0 Å². The van der Waals surface area contributed by atoms with Crippen LogP contribution in [0, 0.1) is 15.9 Å². The van der Waals surface area contributed by atoms with Crippen molar-refractivity contribution in [3.63, 3.8) is 0 Å². The van der Waals surface area contributed by atoms with E-state index in [4.69, 9.17) is 0 Å². The molecule has 0 unspecified atom stereocenters. The first-order valence-corrected chi connectivity index (χ1v) is 11.6. The van der Waals surface area contributed by atoms with Crippen LogP contribution in [0.25, 0.3) is 11.1 Å². The minimum Gasteiger partial charge on any atom is -0.506 e. The molecule has 0 fully saturated rings. The molecule has 4 aromatic carbocycles. The molecule has 4 aromatic rings. The molecule has 0 saturated heterocycles. The fraction of sp³-hybridized carbons (Fsp3) is 0. The number of nitrogens with zero attached hydrogens (tertiary/aromatic N) is 2. The lowest BCUT2D eigenvalue weighted by Crippen LogP contribution is -2.16. The maximum atomic E-state index is 13.3. The molecule has 0 heterocycles. The lowest BCUT2D eigenvalue weighted by molar-refractivity contribution is -0.384. The van der Waals surface area contributed by atoms with E-state index in [1.807, 2.05) is 0 Å². The summed E-state index contributed by atoms with van der Waals surface area (Å²) in [6, 6.07) is 20.9. The summed E-state index contributed by atoms with van der Waals surface area (Å²) in [4.78, 5) is 23.6. The van der Waals surface area contributed by atoms with E-state index in [1.54, 1.807) is 30.3 Å². The number of thiol groups is 1. The molecule has 4 rings (SSSR count). The van der Waals surface area contributed by atoms with Gasteiger partial charge in [0.15, 0.2) is 0 Å². The van der Waals surface area contributed by atoms with Gasteiger partial charge in [0.05, 0.1) is 16.2 Å². The van der Waals surface area contributed by atoms with Gasteiger partial charge in [-0.3, -0.25) is 14.9 Å². The molecule has 9 nitrogen and oxygen atoms in total. The number of benzene rings is 4. The molecule has 0 saturated carbocycles. The standard InChI is InChI=1S/C25H18FN3O6S/c26-18-9-12-20(13-10-18)28(36(34)35)23-15-19(11-14-24(23)30)27-25(31)17-7-5-16(6-8-17)21-3-1-2-4-22(21)29(32)33/h1-15,30,36H,(H,27,31). The summed E-state index contributed by atoms with van der Waals surface area (Å²) in [6.45, 7) is 0. The predicted octanol–water partition coefficient (Wildman–Crippen LogP) is 5.02. The quantitative estimate of drug-likeness (QED) is 0.139. The first-order chi connectivity index (χ1) is 17.2. The van der Waals surface area contributed by atoms with Gasteiger partial charge in [-0.1, -0.05) is 24.3 Å². The van der Waals surface area contributed by atoms with E-state index in [2.05, 4.69) is 5.32 Å². The van der Waals surface area contributed by atoms with Gasteiger partial charge in [0.2, 0.25) is 10.9 Å². The molecule has 0 aromatic heterocycles. The number of carbonyl (C=O) groups excluding carboxylic acids is 1. The number of phenolic OH excluding ortho intramolecular Hbond substituents is 1. The van der Waals surface area contributed by atoms with E-state index in [-0.39, 0.29) is 34.1 Å². The van der Waals surface area contributed by atoms with Crippen LogP contribution in [-0.4, -0.2) is 24.4 Å². The van der Waals surface area contributed by atoms with Crippen molar-refractivity contribution in [1.29, 1.82) is 0 Å². The van der Waals surface area contributed by atoms with Gasteiger partial charge in [0, 0.05) is 17.3 Å². The summed E-state index contributed by atoms with van der Waals surface area (Å²) in [5, 5.41) is 24.2. The summed E-state index contributed by atoms with van der Waals surface area (Å²) in [6.07, 6.45) is 0. The Bertz CT molecular complexity index is 1510. The molecule has 2 N–H and O–H groups in total. The molecule has 0 aliphatic rings. The highest BCUT2D eigenvalue weighted by Gasteiger charge is 2.18. The van der Waals surface area contributed by atoms with Gasteiger partial charge in [0.1, 0.15) is 17.3 Å². The summed E-state index contributed by atoms with van der Waals surface area (Å²) in [5.74, 6) is -1.45. The number of hydrogen-bond acceptors (Lipinski definition) is 6. The van der Waals surface area contributed by atoms with Crippen LogP contribution in [0.5, 0.6) is 5.75 Å². The number of nitrogens with one attached hydrogen (secondary N) is 1. The highest BCUT2D eigenvalue weighted by atomic mass is 32.2. The number of aromatic hydroxyl groups is 1. The minimum absolute atomic E-state index is 0.0614. The SMILES string of the molecule is O=C(Nc1ccc(O)c(N(c2ccc(F)cc2)[SH](=O)=O)c1)c1ccc(-c2ccccc2[N+](=O)[O-])cc1. The van der Waals surface area contributed by atoms with Crippen LogP contribution in [0.1, 0.15) is 10.4 Å². The number of halogens is 1. The third kappa shape index (κ3) is 5.15. The zero-order valence-corrected chi connectivity index (χ0v) is 19.3. The van der Waals surface area contributed by atoms with Gasteiger partial charge in [-0.25, -0.2) is 17.1 Å². The second-order valence-electron chi connectivity index (χ2n) is 7.54. The van der Waals surface area contributed by atoms with Gasteiger partial charge in [-0.05, 0) is 66.2 Å². The second kappa shape index (κ2) is 10.2. The molecule has 36 heavy (non-hydrogen) atoms. The normalized spacial score (nSPS) is 10.7. The van der Waals surface area contributed by atoms with Crippen LogP contribution >= 0.6 is 0 Å². The molecule has 182 valence electrons. The van der Waals surface area contributed by atoms with Crippen LogP contribution in [0.3, 0.4) is 0 Å². The van der Waals surface area contributed by atoms with Crippen molar-refractivity contribution in [2.75, 3.05) is 9.62 Å². The maximum absolute atomic E-state index is 13.3. The molecular weight excluding hydrogens is 489 g/mol. The molecule has 1 amide bonds. The van der Waals surface area contributed by atoms with Crippen molar-refractivity contribution in [3.8, 4) is 16.9 Å². The van der Waals surface area contributed by atoms with E-state index in [0.717, 1.165) is 16.4 Å². The predicted molar refractivity (Wildman–Crippen MR) is 133 cm³/mol. The number of anilines is 3. The number of carbonyl (C=O) groups is 1. The second-order valence-corrected chi connectivity index (χ2v) is 8.41. The average Bonchev–Trinajstić information content (AvgIpc) is 2.87. The highest BCUT2D eigenvalue weighted by Crippen LogP contribution is 2.36. The van der Waals surface area contributed by atoms with Crippen molar-refractivity contribution < 1.29 is 27.6 Å². The molecule has 0 aliphatic heterocycles. The van der Waals surface area contributed by atoms with E-state index in [1.165, 1.54) is 48.5 Å². The van der Waals surface area contributed by atoms with Gasteiger partial charge in [0.25, 0.3) is 11.6 Å². The highest BCUT2D eigenvalue weighted by molar-refractivity contribution is 7.74. The molecule has 0 spiro atoms. The van der Waals surface area contributed by atoms with Crippen molar-refractivity contribution >= 4 is 39.5 Å². The Kier molecular flexibility index (Phi) is 6.93. The smallest absolute Gasteiger partial charge is 0.277 e. The summed E-state index contributed by atoms with van der Waals surface area (Å²) in [7, 11) is -3.26. The lowest BCUT2D eigenvalue weighted by atomic mass is 10.0. The van der Waals surface area contributed by atoms with Crippen LogP contribution in [0.4, 0.5) is 27.1 Å². The monoisotopic (exact) mass is 507 g/mol. The van der Waals surface area contributed by atoms with Crippen LogP contribution < -0.4 is 9.62 Å². The number of hydrogen-bond donors (Lipinski definition) is 3. The fourth-order valence-corrected chi connectivity index (χ4v) is 4.21. The van der Waals surface area contributed by atoms with Crippen molar-refractivity contribution in [1.82, 2.24) is 0 Å². The van der Waals surface area contributed by atoms with Crippen LogP contribution in [0.15, 0.2) is 91.0 Å². The molecule has 0 bridgehead atoms. The number of amides is 1.